The van der Waals surface area contributed by atoms with E-state index in [1.165, 1.54) is 7.11 Å². The molecule has 86 valence electrons. The predicted octanol–water partition coefficient (Wildman–Crippen LogP) is -0.221. The van der Waals surface area contributed by atoms with Gasteiger partial charge >= 0.3 is 0 Å². The van der Waals surface area contributed by atoms with Gasteiger partial charge in [0.25, 0.3) is 0 Å². The third-order valence-corrected chi connectivity index (χ3v) is 2.52. The van der Waals surface area contributed by atoms with Gasteiger partial charge in [-0.05, 0) is 5.92 Å². The van der Waals surface area contributed by atoms with Crippen LogP contribution in [-0.2, 0) is 14.3 Å². The first-order chi connectivity index (χ1) is 7.10. The van der Waals surface area contributed by atoms with Crippen LogP contribution < -0.4 is 0 Å². The summed E-state index contributed by atoms with van der Waals surface area (Å²) in [6.45, 7) is 1.81. The first kappa shape index (κ1) is 12.1. The van der Waals surface area contributed by atoms with Gasteiger partial charge in [-0.25, -0.2) is 0 Å². The Morgan fingerprint density at radius 3 is 2.40 bits per heavy atom. The fourth-order valence-corrected chi connectivity index (χ4v) is 1.81. The van der Waals surface area contributed by atoms with Crippen LogP contribution in [0, 0.1) is 5.92 Å². The molecule has 0 spiro atoms. The van der Waals surface area contributed by atoms with Crippen molar-refractivity contribution in [1.82, 2.24) is 4.90 Å². The molecule has 1 saturated heterocycles. The van der Waals surface area contributed by atoms with Gasteiger partial charge in [0.1, 0.15) is 0 Å². The number of methoxy groups -OCH3 is 1. The Morgan fingerprint density at radius 2 is 2.00 bits per heavy atom. The molecule has 0 saturated carbocycles. The zero-order valence-electron chi connectivity index (χ0n) is 9.10. The highest BCUT2D eigenvalue weighted by atomic mass is 16.5. The Morgan fingerprint density at radius 1 is 1.47 bits per heavy atom. The summed E-state index contributed by atoms with van der Waals surface area (Å²) in [5, 5.41) is 9.08. The van der Waals surface area contributed by atoms with Crippen molar-refractivity contribution in [2.45, 2.75) is 25.8 Å². The van der Waals surface area contributed by atoms with E-state index in [-0.39, 0.29) is 30.9 Å². The maximum atomic E-state index is 11.6. The van der Waals surface area contributed by atoms with Gasteiger partial charge in [0.2, 0.25) is 11.8 Å². The molecule has 1 heterocycles. The number of piperidine rings is 1. The Kier molecular flexibility index (Phi) is 4.23. The quantitative estimate of drug-likeness (QED) is 0.658. The molecule has 0 aromatic heterocycles. The lowest BCUT2D eigenvalue weighted by atomic mass is 9.96. The van der Waals surface area contributed by atoms with Gasteiger partial charge in [-0.3, -0.25) is 14.5 Å². The summed E-state index contributed by atoms with van der Waals surface area (Å²) in [4.78, 5) is 24.4. The largest absolute Gasteiger partial charge is 0.394 e. The molecule has 1 N–H and O–H groups in total. The fourth-order valence-electron chi connectivity index (χ4n) is 1.81. The molecule has 2 amide bonds. The third kappa shape index (κ3) is 2.76. The highest BCUT2D eigenvalue weighted by Crippen LogP contribution is 2.20. The molecule has 1 aliphatic rings. The smallest absolute Gasteiger partial charge is 0.229 e. The summed E-state index contributed by atoms with van der Waals surface area (Å²) in [7, 11) is 1.48. The molecule has 0 aromatic rings. The number of hydrogen-bond acceptors (Lipinski definition) is 4. The number of rotatable bonds is 4. The number of hydrogen-bond donors (Lipinski definition) is 1. The van der Waals surface area contributed by atoms with E-state index >= 15 is 0 Å². The molecule has 1 aliphatic heterocycles. The van der Waals surface area contributed by atoms with Crippen LogP contribution in [0.5, 0.6) is 0 Å². The number of amides is 2. The van der Waals surface area contributed by atoms with Crippen LogP contribution in [0.4, 0.5) is 0 Å². The number of carbonyl (C=O) groups is 2. The minimum atomic E-state index is -0.539. The molecule has 0 aromatic carbocycles. The lowest BCUT2D eigenvalue weighted by molar-refractivity contribution is -0.155. The van der Waals surface area contributed by atoms with Crippen molar-refractivity contribution in [2.24, 2.45) is 5.92 Å². The van der Waals surface area contributed by atoms with Crippen molar-refractivity contribution < 1.29 is 19.4 Å². The standard InChI is InChI=1S/C10H17NO4/c1-7-3-9(13)11(10(14)4-7)8(5-12)6-15-2/h7-8,12H,3-6H2,1-2H3. The third-order valence-electron chi connectivity index (χ3n) is 2.52. The average molecular weight is 215 g/mol. The maximum Gasteiger partial charge on any atom is 0.229 e. The Bertz CT molecular complexity index is 236. The Hall–Kier alpha value is -0.940. The summed E-state index contributed by atoms with van der Waals surface area (Å²) < 4.78 is 4.87. The van der Waals surface area contributed by atoms with Crippen molar-refractivity contribution in [3.8, 4) is 0 Å². The zero-order valence-corrected chi connectivity index (χ0v) is 9.10. The number of likely N-dealkylation sites (tertiary alicyclic amines) is 1. The molecule has 1 atom stereocenters. The van der Waals surface area contributed by atoms with Gasteiger partial charge in [0.15, 0.2) is 0 Å². The minimum Gasteiger partial charge on any atom is -0.394 e. The maximum absolute atomic E-state index is 11.6. The number of aliphatic hydroxyl groups is 1. The van der Waals surface area contributed by atoms with Crippen LogP contribution in [0.2, 0.25) is 0 Å². The van der Waals surface area contributed by atoms with Crippen molar-refractivity contribution in [1.29, 1.82) is 0 Å². The lowest BCUT2D eigenvalue weighted by Gasteiger charge is -2.33. The van der Waals surface area contributed by atoms with Crippen molar-refractivity contribution in [3.05, 3.63) is 0 Å². The monoisotopic (exact) mass is 215 g/mol. The number of carbonyl (C=O) groups excluding carboxylic acids is 2. The molecule has 1 rings (SSSR count). The number of imide groups is 1. The lowest BCUT2D eigenvalue weighted by Crippen LogP contribution is -2.52. The summed E-state index contributed by atoms with van der Waals surface area (Å²) in [6.07, 6.45) is 0.734. The molecule has 5 heteroatoms. The fraction of sp³-hybridized carbons (Fsp3) is 0.800. The van der Waals surface area contributed by atoms with Gasteiger partial charge in [0, 0.05) is 20.0 Å². The van der Waals surface area contributed by atoms with Gasteiger partial charge in [-0.2, -0.15) is 0 Å². The van der Waals surface area contributed by atoms with E-state index in [2.05, 4.69) is 0 Å². The molecule has 0 bridgehead atoms. The normalized spacial score (nSPS) is 20.9. The topological polar surface area (TPSA) is 66.8 Å². The highest BCUT2D eigenvalue weighted by Gasteiger charge is 2.34. The number of nitrogens with zero attached hydrogens (tertiary/aromatic N) is 1. The predicted molar refractivity (Wildman–Crippen MR) is 53.0 cm³/mol. The second-order valence-corrected chi connectivity index (χ2v) is 3.96. The van der Waals surface area contributed by atoms with E-state index in [0.29, 0.717) is 12.8 Å². The molecular weight excluding hydrogens is 198 g/mol. The van der Waals surface area contributed by atoms with Gasteiger partial charge < -0.3 is 9.84 Å². The second kappa shape index (κ2) is 5.23. The van der Waals surface area contributed by atoms with Crippen molar-refractivity contribution in [3.63, 3.8) is 0 Å². The van der Waals surface area contributed by atoms with E-state index in [9.17, 15) is 9.59 Å². The van der Waals surface area contributed by atoms with Crippen LogP contribution in [0.3, 0.4) is 0 Å². The van der Waals surface area contributed by atoms with Crippen LogP contribution in [0.25, 0.3) is 0 Å². The van der Waals surface area contributed by atoms with Crippen LogP contribution in [0.1, 0.15) is 19.8 Å². The highest BCUT2D eigenvalue weighted by molar-refractivity contribution is 5.98. The van der Waals surface area contributed by atoms with E-state index < -0.39 is 6.04 Å². The summed E-state index contributed by atoms with van der Waals surface area (Å²) in [5.41, 5.74) is 0. The molecule has 0 radical (unpaired) electrons. The Labute approximate surface area is 89.0 Å². The van der Waals surface area contributed by atoms with Crippen molar-refractivity contribution >= 4 is 11.8 Å². The van der Waals surface area contributed by atoms with E-state index in [1.807, 2.05) is 6.92 Å². The van der Waals surface area contributed by atoms with Crippen molar-refractivity contribution in [2.75, 3.05) is 20.3 Å². The molecule has 5 nitrogen and oxygen atoms in total. The first-order valence-corrected chi connectivity index (χ1v) is 5.04. The van der Waals surface area contributed by atoms with E-state index in [4.69, 9.17) is 9.84 Å². The SMILES string of the molecule is COCC(CO)N1C(=O)CC(C)CC1=O. The first-order valence-electron chi connectivity index (χ1n) is 5.04. The van der Waals surface area contributed by atoms with Gasteiger partial charge in [0.05, 0.1) is 19.3 Å². The minimum absolute atomic E-state index is 0.100. The average Bonchev–Trinajstić information content (AvgIpc) is 2.14. The van der Waals surface area contributed by atoms with Crippen LogP contribution in [0.15, 0.2) is 0 Å². The molecule has 15 heavy (non-hydrogen) atoms. The van der Waals surface area contributed by atoms with Gasteiger partial charge in [-0.1, -0.05) is 6.92 Å². The summed E-state index contributed by atoms with van der Waals surface area (Å²) in [6, 6.07) is -0.539. The van der Waals surface area contributed by atoms with E-state index in [0.717, 1.165) is 4.90 Å². The van der Waals surface area contributed by atoms with Gasteiger partial charge in [-0.15, -0.1) is 0 Å². The molecule has 1 unspecified atom stereocenters. The Balaban J connectivity index is 2.73. The summed E-state index contributed by atoms with van der Waals surface area (Å²) in [5.74, 6) is -0.326. The van der Waals surface area contributed by atoms with Crippen LogP contribution in [-0.4, -0.2) is 48.2 Å². The van der Waals surface area contributed by atoms with E-state index in [1.54, 1.807) is 0 Å². The number of ether oxygens (including phenoxy) is 1. The molecular formula is C10H17NO4. The van der Waals surface area contributed by atoms with Crippen LogP contribution >= 0.6 is 0 Å². The zero-order chi connectivity index (χ0) is 11.4. The second-order valence-electron chi connectivity index (χ2n) is 3.96. The summed E-state index contributed by atoms with van der Waals surface area (Å²) >= 11 is 0. The number of aliphatic hydroxyl groups excluding tert-OH is 1. The molecule has 1 fully saturated rings. The molecule has 0 aliphatic carbocycles.